The van der Waals surface area contributed by atoms with E-state index in [1.54, 1.807) is 14.0 Å². The van der Waals surface area contributed by atoms with E-state index in [4.69, 9.17) is 9.15 Å². The monoisotopic (exact) mass is 342 g/mol. The van der Waals surface area contributed by atoms with Crippen molar-refractivity contribution in [2.24, 2.45) is 0 Å². The number of amides is 1. The van der Waals surface area contributed by atoms with Crippen molar-refractivity contribution in [3.8, 4) is 17.0 Å². The molecule has 0 saturated carbocycles. The average molecular weight is 342 g/mol. The van der Waals surface area contributed by atoms with E-state index in [0.29, 0.717) is 16.5 Å². The molecule has 124 valence electrons. The van der Waals surface area contributed by atoms with Gasteiger partial charge >= 0.3 is 0 Å². The second-order valence-corrected chi connectivity index (χ2v) is 6.29. The lowest BCUT2D eigenvalue weighted by atomic mass is 10.1. The van der Waals surface area contributed by atoms with Gasteiger partial charge in [0, 0.05) is 16.5 Å². The van der Waals surface area contributed by atoms with Gasteiger partial charge in [-0.15, -0.1) is 11.3 Å². The first-order valence-electron chi connectivity index (χ1n) is 7.47. The lowest BCUT2D eigenvalue weighted by Gasteiger charge is -2.02. The van der Waals surface area contributed by atoms with Crippen molar-refractivity contribution in [2.45, 2.75) is 20.8 Å². The van der Waals surface area contributed by atoms with Crippen LogP contribution in [0.15, 0.2) is 34.1 Å². The van der Waals surface area contributed by atoms with Crippen LogP contribution < -0.4 is 10.1 Å². The smallest absolute Gasteiger partial charge is 0.261 e. The van der Waals surface area contributed by atoms with E-state index < -0.39 is 0 Å². The van der Waals surface area contributed by atoms with E-state index in [9.17, 15) is 4.79 Å². The summed E-state index contributed by atoms with van der Waals surface area (Å²) < 4.78 is 10.7. The summed E-state index contributed by atoms with van der Waals surface area (Å²) in [6.45, 7) is 5.52. The maximum Gasteiger partial charge on any atom is 0.261 e. The summed E-state index contributed by atoms with van der Waals surface area (Å²) in [6.07, 6.45) is 0. The highest BCUT2D eigenvalue weighted by atomic mass is 32.1. The van der Waals surface area contributed by atoms with Gasteiger partial charge in [-0.1, -0.05) is 0 Å². The zero-order chi connectivity index (χ0) is 17.3. The summed E-state index contributed by atoms with van der Waals surface area (Å²) in [7, 11) is 1.63. The summed E-state index contributed by atoms with van der Waals surface area (Å²) >= 11 is 1.39. The number of nitrogens with zero attached hydrogens (tertiary/aromatic N) is 1. The van der Waals surface area contributed by atoms with Gasteiger partial charge in [-0.25, -0.2) is 4.98 Å². The number of methoxy groups -OCH3 is 1. The van der Waals surface area contributed by atoms with Crippen LogP contribution in [0.25, 0.3) is 11.3 Å². The lowest BCUT2D eigenvalue weighted by molar-refractivity contribution is 0.102. The third-order valence-electron chi connectivity index (χ3n) is 3.90. The topological polar surface area (TPSA) is 64.4 Å². The predicted octanol–water partition coefficient (Wildman–Crippen LogP) is 4.59. The number of hydrogen-bond donors (Lipinski definition) is 1. The summed E-state index contributed by atoms with van der Waals surface area (Å²) in [4.78, 5) is 17.0. The van der Waals surface area contributed by atoms with E-state index in [2.05, 4.69) is 10.3 Å². The van der Waals surface area contributed by atoms with Gasteiger partial charge in [0.15, 0.2) is 5.13 Å². The van der Waals surface area contributed by atoms with Crippen molar-refractivity contribution >= 4 is 22.4 Å². The molecule has 0 aliphatic heterocycles. The van der Waals surface area contributed by atoms with E-state index in [1.165, 1.54) is 11.3 Å². The molecule has 0 fully saturated rings. The molecule has 2 aromatic heterocycles. The van der Waals surface area contributed by atoms with Crippen LogP contribution in [0.1, 0.15) is 27.4 Å². The summed E-state index contributed by atoms with van der Waals surface area (Å²) in [6, 6.07) is 7.64. The molecule has 1 amide bonds. The third kappa shape index (κ3) is 3.05. The number of furan rings is 1. The molecule has 0 bridgehead atoms. The van der Waals surface area contributed by atoms with Gasteiger partial charge in [0.25, 0.3) is 5.91 Å². The number of hydrogen-bond acceptors (Lipinski definition) is 5. The molecule has 0 saturated heterocycles. The molecule has 0 radical (unpaired) electrons. The molecule has 0 aliphatic carbocycles. The van der Waals surface area contributed by atoms with Crippen LogP contribution >= 0.6 is 11.3 Å². The minimum absolute atomic E-state index is 0.197. The Morgan fingerprint density at radius 2 is 1.88 bits per heavy atom. The molecule has 0 unspecified atom stereocenters. The van der Waals surface area contributed by atoms with Gasteiger partial charge in [-0.05, 0) is 45.0 Å². The second-order valence-electron chi connectivity index (χ2n) is 5.43. The molecule has 5 nitrogen and oxygen atoms in total. The van der Waals surface area contributed by atoms with Crippen molar-refractivity contribution in [1.82, 2.24) is 4.98 Å². The Bertz CT molecular complexity index is 878. The molecule has 0 spiro atoms. The highest BCUT2D eigenvalue weighted by Crippen LogP contribution is 2.28. The van der Waals surface area contributed by atoms with Crippen LogP contribution in [0.4, 0.5) is 5.13 Å². The molecule has 3 aromatic rings. The number of nitrogens with one attached hydrogen (secondary N) is 1. The van der Waals surface area contributed by atoms with Crippen molar-refractivity contribution in [1.29, 1.82) is 0 Å². The second kappa shape index (κ2) is 6.49. The van der Waals surface area contributed by atoms with Gasteiger partial charge in [-0.2, -0.15) is 0 Å². The van der Waals surface area contributed by atoms with Crippen LogP contribution in [-0.2, 0) is 0 Å². The van der Waals surface area contributed by atoms with Gasteiger partial charge in [0.2, 0.25) is 0 Å². The van der Waals surface area contributed by atoms with E-state index in [-0.39, 0.29) is 5.91 Å². The number of carbonyl (C=O) groups excluding carboxylic acids is 1. The maximum absolute atomic E-state index is 12.5. The fourth-order valence-corrected chi connectivity index (χ4v) is 3.23. The van der Waals surface area contributed by atoms with Gasteiger partial charge in [0.05, 0.1) is 18.4 Å². The Hall–Kier alpha value is -2.60. The molecular weight excluding hydrogens is 324 g/mol. The molecule has 0 aliphatic rings. The van der Waals surface area contributed by atoms with Gasteiger partial charge in [0.1, 0.15) is 17.3 Å². The molecule has 6 heteroatoms. The van der Waals surface area contributed by atoms with Crippen molar-refractivity contribution in [3.63, 3.8) is 0 Å². The lowest BCUT2D eigenvalue weighted by Crippen LogP contribution is -2.13. The predicted molar refractivity (Wildman–Crippen MR) is 95.0 cm³/mol. The third-order valence-corrected chi connectivity index (χ3v) is 4.66. The number of thiazole rings is 1. The summed E-state index contributed by atoms with van der Waals surface area (Å²) in [5.41, 5.74) is 3.22. The largest absolute Gasteiger partial charge is 0.497 e. The SMILES string of the molecule is COc1ccc(-c2csc(NC(=O)c3c(C)oc(C)c3C)n2)cc1. The maximum atomic E-state index is 12.5. The Morgan fingerprint density at radius 1 is 1.17 bits per heavy atom. The number of aromatic nitrogens is 1. The van der Waals surface area contributed by atoms with Gasteiger partial charge in [-0.3, -0.25) is 10.1 Å². The van der Waals surface area contributed by atoms with Gasteiger partial charge < -0.3 is 9.15 Å². The Balaban J connectivity index is 1.79. The van der Waals surface area contributed by atoms with Crippen LogP contribution in [-0.4, -0.2) is 18.0 Å². The first kappa shape index (κ1) is 16.3. The van der Waals surface area contributed by atoms with E-state index in [0.717, 1.165) is 28.3 Å². The highest BCUT2D eigenvalue weighted by Gasteiger charge is 2.19. The minimum atomic E-state index is -0.197. The van der Waals surface area contributed by atoms with E-state index >= 15 is 0 Å². The first-order chi connectivity index (χ1) is 11.5. The number of aryl methyl sites for hydroxylation is 2. The molecule has 1 N–H and O–H groups in total. The molecule has 3 rings (SSSR count). The fraction of sp³-hybridized carbons (Fsp3) is 0.222. The van der Waals surface area contributed by atoms with Crippen LogP contribution in [0.3, 0.4) is 0 Å². The quantitative estimate of drug-likeness (QED) is 0.753. The molecule has 2 heterocycles. The molecule has 1 aromatic carbocycles. The zero-order valence-electron chi connectivity index (χ0n) is 14.0. The standard InChI is InChI=1S/C18H18N2O3S/c1-10-11(2)23-12(3)16(10)17(21)20-18-19-15(9-24-18)13-5-7-14(22-4)8-6-13/h5-9H,1-4H3,(H,19,20,21). The Kier molecular flexibility index (Phi) is 4.40. The highest BCUT2D eigenvalue weighted by molar-refractivity contribution is 7.14. The number of benzene rings is 1. The number of anilines is 1. The first-order valence-corrected chi connectivity index (χ1v) is 8.35. The zero-order valence-corrected chi connectivity index (χ0v) is 14.8. The summed E-state index contributed by atoms with van der Waals surface area (Å²) in [5, 5.41) is 5.32. The van der Waals surface area contributed by atoms with E-state index in [1.807, 2.05) is 43.5 Å². The normalized spacial score (nSPS) is 10.7. The fourth-order valence-electron chi connectivity index (χ4n) is 2.51. The Morgan fingerprint density at radius 3 is 2.46 bits per heavy atom. The summed E-state index contributed by atoms with van der Waals surface area (Å²) in [5.74, 6) is 1.98. The molecule has 0 atom stereocenters. The van der Waals surface area contributed by atoms with Crippen molar-refractivity contribution in [3.05, 3.63) is 52.3 Å². The number of rotatable bonds is 4. The van der Waals surface area contributed by atoms with Crippen LogP contribution in [0.2, 0.25) is 0 Å². The van der Waals surface area contributed by atoms with Crippen molar-refractivity contribution in [2.75, 3.05) is 12.4 Å². The van der Waals surface area contributed by atoms with Crippen LogP contribution in [0.5, 0.6) is 5.75 Å². The van der Waals surface area contributed by atoms with Crippen LogP contribution in [0, 0.1) is 20.8 Å². The average Bonchev–Trinajstić information content (AvgIpc) is 3.12. The van der Waals surface area contributed by atoms with Crippen molar-refractivity contribution < 1.29 is 13.9 Å². The number of carbonyl (C=O) groups is 1. The Labute approximate surface area is 144 Å². The molecule has 24 heavy (non-hydrogen) atoms. The molecular formula is C18H18N2O3S. The number of ether oxygens (including phenoxy) is 1. The minimum Gasteiger partial charge on any atom is -0.497 e.